The smallest absolute Gasteiger partial charge is 0.216 e. The van der Waals surface area contributed by atoms with Gasteiger partial charge >= 0.3 is 0 Å². The molecule has 2 nitrogen and oxygen atoms in total. The topological polar surface area (TPSA) is 29.4 Å². The van der Waals surface area contributed by atoms with Gasteiger partial charge in [0.2, 0.25) is 5.12 Å². The molecule has 1 aliphatic rings. The first-order chi connectivity index (χ1) is 6.25. The Hall–Kier alpha value is -1.16. The summed E-state index contributed by atoms with van der Waals surface area (Å²) in [6, 6.07) is 6.10. The van der Waals surface area contributed by atoms with E-state index in [-0.39, 0.29) is 17.5 Å². The summed E-state index contributed by atoms with van der Waals surface area (Å²) in [5.74, 6) is -0.305. The number of halogens is 1. The summed E-state index contributed by atoms with van der Waals surface area (Å²) in [7, 11) is 0. The lowest BCUT2D eigenvalue weighted by Crippen LogP contribution is -1.93. The van der Waals surface area contributed by atoms with Gasteiger partial charge < -0.3 is 0 Å². The van der Waals surface area contributed by atoms with E-state index in [1.807, 2.05) is 0 Å². The molecule has 0 atom stereocenters. The van der Waals surface area contributed by atoms with Gasteiger partial charge in [-0.15, -0.1) is 0 Å². The quantitative estimate of drug-likeness (QED) is 0.684. The van der Waals surface area contributed by atoms with Crippen LogP contribution in [0.15, 0.2) is 29.3 Å². The monoisotopic (exact) mass is 195 g/mol. The van der Waals surface area contributed by atoms with E-state index in [1.54, 1.807) is 12.1 Å². The molecule has 66 valence electrons. The molecule has 0 radical (unpaired) electrons. The highest BCUT2D eigenvalue weighted by atomic mass is 32.2. The van der Waals surface area contributed by atoms with Crippen molar-refractivity contribution >= 4 is 21.9 Å². The van der Waals surface area contributed by atoms with E-state index in [0.29, 0.717) is 10.6 Å². The zero-order valence-corrected chi connectivity index (χ0v) is 7.47. The molecule has 0 saturated heterocycles. The summed E-state index contributed by atoms with van der Waals surface area (Å²) >= 11 is 1.07. The van der Waals surface area contributed by atoms with E-state index < -0.39 is 0 Å². The largest absolute Gasteiger partial charge is 0.285 e. The molecule has 0 aliphatic carbocycles. The fourth-order valence-corrected chi connectivity index (χ4v) is 1.80. The normalized spacial score (nSPS) is 16.1. The lowest BCUT2D eigenvalue weighted by molar-refractivity contribution is -0.109. The molecule has 0 spiro atoms. The standard InChI is InChI=1S/C9H6FNOS/c10-7-3-1-2-6(4-7)9-11-5-8(12)13-9/h1-4H,5H2. The predicted molar refractivity (Wildman–Crippen MR) is 50.4 cm³/mol. The third kappa shape index (κ3) is 1.78. The Morgan fingerprint density at radius 3 is 2.92 bits per heavy atom. The Bertz CT molecular complexity index is 389. The summed E-state index contributed by atoms with van der Waals surface area (Å²) in [5.41, 5.74) is 0.677. The molecule has 0 amide bonds. The molecule has 0 N–H and O–H groups in total. The molecule has 0 aromatic heterocycles. The van der Waals surface area contributed by atoms with Gasteiger partial charge in [0.15, 0.2) is 0 Å². The van der Waals surface area contributed by atoms with Gasteiger partial charge in [0.1, 0.15) is 17.4 Å². The fourth-order valence-electron chi connectivity index (χ4n) is 1.08. The van der Waals surface area contributed by atoms with Gasteiger partial charge in [-0.05, 0) is 23.9 Å². The summed E-state index contributed by atoms with van der Waals surface area (Å²) < 4.78 is 12.8. The number of thioether (sulfide) groups is 1. The molecule has 4 heteroatoms. The van der Waals surface area contributed by atoms with Gasteiger partial charge in [0.25, 0.3) is 0 Å². The van der Waals surface area contributed by atoms with Crippen LogP contribution in [0.5, 0.6) is 0 Å². The van der Waals surface area contributed by atoms with E-state index in [4.69, 9.17) is 0 Å². The Balaban J connectivity index is 2.31. The average molecular weight is 195 g/mol. The van der Waals surface area contributed by atoms with Gasteiger partial charge in [-0.3, -0.25) is 9.79 Å². The second-order valence-corrected chi connectivity index (χ2v) is 3.65. The molecule has 0 unspecified atom stereocenters. The molecule has 13 heavy (non-hydrogen) atoms. The zero-order chi connectivity index (χ0) is 9.26. The highest BCUT2D eigenvalue weighted by Crippen LogP contribution is 2.20. The van der Waals surface area contributed by atoms with Crippen LogP contribution in [-0.4, -0.2) is 16.7 Å². The Kier molecular flexibility index (Phi) is 2.14. The maximum Gasteiger partial charge on any atom is 0.216 e. The number of hydrogen-bond donors (Lipinski definition) is 0. The van der Waals surface area contributed by atoms with Crippen molar-refractivity contribution < 1.29 is 9.18 Å². The molecule has 1 heterocycles. The van der Waals surface area contributed by atoms with Crippen molar-refractivity contribution in [1.82, 2.24) is 0 Å². The minimum absolute atomic E-state index is 0.0132. The maximum absolute atomic E-state index is 12.8. The second kappa shape index (κ2) is 3.30. The van der Waals surface area contributed by atoms with Crippen LogP contribution >= 0.6 is 11.8 Å². The highest BCUT2D eigenvalue weighted by Gasteiger charge is 2.17. The van der Waals surface area contributed by atoms with Crippen molar-refractivity contribution in [2.45, 2.75) is 0 Å². The van der Waals surface area contributed by atoms with Crippen molar-refractivity contribution in [2.75, 3.05) is 6.54 Å². The van der Waals surface area contributed by atoms with E-state index in [9.17, 15) is 9.18 Å². The van der Waals surface area contributed by atoms with Crippen molar-refractivity contribution in [1.29, 1.82) is 0 Å². The number of carbonyl (C=O) groups is 1. The molecule has 1 aliphatic heterocycles. The summed E-state index contributed by atoms with van der Waals surface area (Å²) in [4.78, 5) is 14.9. The van der Waals surface area contributed by atoms with E-state index in [1.165, 1.54) is 12.1 Å². The number of hydrogen-bond acceptors (Lipinski definition) is 3. The number of benzene rings is 1. The van der Waals surface area contributed by atoms with Crippen molar-refractivity contribution in [3.63, 3.8) is 0 Å². The van der Waals surface area contributed by atoms with E-state index in [2.05, 4.69) is 4.99 Å². The fraction of sp³-hybridized carbons (Fsp3) is 0.111. The lowest BCUT2D eigenvalue weighted by Gasteiger charge is -1.97. The molecule has 1 aromatic rings. The molecular weight excluding hydrogens is 189 g/mol. The third-order valence-electron chi connectivity index (χ3n) is 1.63. The molecule has 0 fully saturated rings. The number of aliphatic imine (C=N–C) groups is 1. The van der Waals surface area contributed by atoms with Gasteiger partial charge in [0, 0.05) is 5.56 Å². The van der Waals surface area contributed by atoms with Crippen LogP contribution in [-0.2, 0) is 4.79 Å². The summed E-state index contributed by atoms with van der Waals surface area (Å²) in [5, 5.41) is 0.628. The molecular formula is C9H6FNOS. The molecule has 0 bridgehead atoms. The first-order valence-corrected chi connectivity index (χ1v) is 4.58. The SMILES string of the molecule is O=C1CN=C(c2cccc(F)c2)S1. The van der Waals surface area contributed by atoms with Crippen LogP contribution in [0, 0.1) is 5.82 Å². The van der Waals surface area contributed by atoms with Gasteiger partial charge in [-0.1, -0.05) is 12.1 Å². The molecule has 2 rings (SSSR count). The summed E-state index contributed by atoms with van der Waals surface area (Å²) in [6.07, 6.45) is 0. The maximum atomic E-state index is 12.8. The van der Waals surface area contributed by atoms with Crippen LogP contribution in [0.1, 0.15) is 5.56 Å². The van der Waals surface area contributed by atoms with Crippen molar-refractivity contribution in [3.8, 4) is 0 Å². The van der Waals surface area contributed by atoms with Crippen LogP contribution < -0.4 is 0 Å². The van der Waals surface area contributed by atoms with Crippen molar-refractivity contribution in [3.05, 3.63) is 35.6 Å². The Morgan fingerprint density at radius 1 is 1.46 bits per heavy atom. The number of nitrogens with zero attached hydrogens (tertiary/aromatic N) is 1. The van der Waals surface area contributed by atoms with Gasteiger partial charge in [0.05, 0.1) is 0 Å². The van der Waals surface area contributed by atoms with Gasteiger partial charge in [-0.2, -0.15) is 0 Å². The summed E-state index contributed by atoms with van der Waals surface area (Å²) in [6.45, 7) is 0.205. The average Bonchev–Trinajstić information content (AvgIpc) is 2.52. The Labute approximate surface area is 78.9 Å². The van der Waals surface area contributed by atoms with Crippen LogP contribution in [0.3, 0.4) is 0 Å². The Morgan fingerprint density at radius 2 is 2.31 bits per heavy atom. The minimum Gasteiger partial charge on any atom is -0.285 e. The minimum atomic E-state index is -0.305. The second-order valence-electron chi connectivity index (χ2n) is 2.61. The molecule has 0 saturated carbocycles. The first-order valence-electron chi connectivity index (χ1n) is 3.77. The lowest BCUT2D eigenvalue weighted by atomic mass is 10.2. The van der Waals surface area contributed by atoms with E-state index in [0.717, 1.165) is 11.8 Å². The molecule has 1 aromatic carbocycles. The van der Waals surface area contributed by atoms with Crippen LogP contribution in [0.25, 0.3) is 0 Å². The number of carbonyl (C=O) groups excluding carboxylic acids is 1. The third-order valence-corrected chi connectivity index (χ3v) is 2.55. The predicted octanol–water partition coefficient (Wildman–Crippen LogP) is 1.85. The van der Waals surface area contributed by atoms with Gasteiger partial charge in [-0.25, -0.2) is 4.39 Å². The first kappa shape index (κ1) is 8.44. The number of rotatable bonds is 1. The van der Waals surface area contributed by atoms with Crippen LogP contribution in [0.2, 0.25) is 0 Å². The van der Waals surface area contributed by atoms with E-state index >= 15 is 0 Å². The zero-order valence-electron chi connectivity index (χ0n) is 6.66. The van der Waals surface area contributed by atoms with Crippen LogP contribution in [0.4, 0.5) is 4.39 Å². The van der Waals surface area contributed by atoms with Crippen molar-refractivity contribution in [2.24, 2.45) is 4.99 Å². The highest BCUT2D eigenvalue weighted by molar-refractivity contribution is 8.27.